The normalized spacial score (nSPS) is 21.8. The molecule has 0 spiro atoms. The molecule has 0 saturated heterocycles. The molecule has 2 aliphatic rings. The molecule has 0 aliphatic heterocycles. The molecule has 2 heterocycles. The van der Waals surface area contributed by atoms with Crippen molar-refractivity contribution in [3.8, 4) is 11.6 Å². The van der Waals surface area contributed by atoms with Crippen LogP contribution in [0.25, 0.3) is 11.6 Å². The first-order chi connectivity index (χ1) is 14.8. The molecule has 0 bridgehead atoms. The summed E-state index contributed by atoms with van der Waals surface area (Å²) in [6.07, 6.45) is -0.647. The Morgan fingerprint density at radius 2 is 2.00 bits per heavy atom. The van der Waals surface area contributed by atoms with Gasteiger partial charge in [0.05, 0.1) is 17.4 Å². The molecule has 0 radical (unpaired) electrons. The van der Waals surface area contributed by atoms with E-state index in [1.54, 1.807) is 12.1 Å². The summed E-state index contributed by atoms with van der Waals surface area (Å²) in [5.41, 5.74) is 0.150. The highest BCUT2D eigenvalue weighted by Gasteiger charge is 2.51. The van der Waals surface area contributed by atoms with E-state index in [4.69, 9.17) is 32.8 Å². The van der Waals surface area contributed by atoms with E-state index in [0.717, 1.165) is 18.4 Å². The maximum atomic E-state index is 13.3. The molecule has 2 aliphatic carbocycles. The minimum Gasteiger partial charge on any atom is -0.481 e. The largest absolute Gasteiger partial charge is 0.481 e. The number of carbonyl (C=O) groups is 1. The van der Waals surface area contributed by atoms with Gasteiger partial charge in [-0.15, -0.1) is 0 Å². The third-order valence-electron chi connectivity index (χ3n) is 6.06. The van der Waals surface area contributed by atoms with E-state index in [2.05, 4.69) is 15.2 Å². The lowest BCUT2D eigenvalue weighted by Crippen LogP contribution is -2.33. The number of alkyl halides is 2. The van der Waals surface area contributed by atoms with Crippen LogP contribution in [0.3, 0.4) is 0 Å². The molecule has 11 heteroatoms. The Morgan fingerprint density at radius 1 is 1.26 bits per heavy atom. The molecule has 3 aromatic rings. The summed E-state index contributed by atoms with van der Waals surface area (Å²) in [6, 6.07) is 6.11. The lowest BCUT2D eigenvalue weighted by molar-refractivity contribution is -0.146. The zero-order valence-electron chi connectivity index (χ0n) is 15.9. The molecule has 2 fully saturated rings. The van der Waals surface area contributed by atoms with Crippen LogP contribution in [0.5, 0.6) is 0 Å². The molecule has 2 saturated carbocycles. The molecule has 2 aromatic heterocycles. The molecular weight excluding hydrogens is 453 g/mol. The van der Waals surface area contributed by atoms with Crippen molar-refractivity contribution in [2.45, 2.75) is 43.6 Å². The molecule has 0 atom stereocenters. The number of carboxylic acids is 1. The van der Waals surface area contributed by atoms with Crippen molar-refractivity contribution in [1.82, 2.24) is 19.9 Å². The van der Waals surface area contributed by atoms with Gasteiger partial charge in [-0.3, -0.25) is 9.48 Å². The molecule has 1 aromatic carbocycles. The van der Waals surface area contributed by atoms with E-state index >= 15 is 0 Å². The Balaban J connectivity index is 1.49. The minimum absolute atomic E-state index is 0.0598. The van der Waals surface area contributed by atoms with Crippen molar-refractivity contribution in [3.63, 3.8) is 0 Å². The summed E-state index contributed by atoms with van der Waals surface area (Å²) in [5, 5.41) is 18.2. The van der Waals surface area contributed by atoms with E-state index in [1.807, 2.05) is 6.07 Å². The predicted octanol–water partition coefficient (Wildman–Crippen LogP) is 5.29. The van der Waals surface area contributed by atoms with Crippen LogP contribution < -0.4 is 0 Å². The minimum atomic E-state index is -2.78. The summed E-state index contributed by atoms with van der Waals surface area (Å²) in [4.78, 5) is 15.6. The number of halogens is 4. The first-order valence-corrected chi connectivity index (χ1v) is 10.4. The number of rotatable bonds is 6. The number of carboxylic acid groups (broad SMARTS) is 1. The lowest BCUT2D eigenvalue weighted by atomic mass is 9.80. The average molecular weight is 469 g/mol. The quantitative estimate of drug-likeness (QED) is 0.527. The highest BCUT2D eigenvalue weighted by atomic mass is 35.5. The summed E-state index contributed by atoms with van der Waals surface area (Å²) in [6.45, 7) is 0. The Hall–Kier alpha value is -2.52. The van der Waals surface area contributed by atoms with Gasteiger partial charge in [0.25, 0.3) is 12.3 Å². The molecule has 1 N–H and O–H groups in total. The summed E-state index contributed by atoms with van der Waals surface area (Å²) in [5.74, 6) is -0.952. The van der Waals surface area contributed by atoms with Gasteiger partial charge in [-0.25, -0.2) is 8.78 Å². The Labute approximate surface area is 185 Å². The van der Waals surface area contributed by atoms with Crippen LogP contribution in [0.1, 0.15) is 55.2 Å². The fourth-order valence-corrected chi connectivity index (χ4v) is 4.67. The summed E-state index contributed by atoms with van der Waals surface area (Å²) in [7, 11) is 0. The Bertz CT molecular complexity index is 1170. The van der Waals surface area contributed by atoms with Crippen LogP contribution in [-0.2, 0) is 10.2 Å². The fourth-order valence-electron chi connectivity index (χ4n) is 4.09. The monoisotopic (exact) mass is 468 g/mol. The van der Waals surface area contributed by atoms with Crippen LogP contribution in [0.15, 0.2) is 28.8 Å². The van der Waals surface area contributed by atoms with Gasteiger partial charge < -0.3 is 9.63 Å². The van der Waals surface area contributed by atoms with Gasteiger partial charge in [0.2, 0.25) is 0 Å². The third-order valence-corrected chi connectivity index (χ3v) is 6.60. The van der Waals surface area contributed by atoms with E-state index in [0.29, 0.717) is 28.7 Å². The van der Waals surface area contributed by atoms with Gasteiger partial charge in [0.1, 0.15) is 11.4 Å². The van der Waals surface area contributed by atoms with Gasteiger partial charge in [0, 0.05) is 10.0 Å². The molecule has 5 rings (SSSR count). The van der Waals surface area contributed by atoms with Crippen LogP contribution in [-0.4, -0.2) is 31.0 Å². The van der Waals surface area contributed by atoms with Crippen LogP contribution >= 0.6 is 23.2 Å². The van der Waals surface area contributed by atoms with Crippen molar-refractivity contribution in [2.75, 3.05) is 0 Å². The molecule has 162 valence electrons. The SMILES string of the molecule is O=C(O)C1CC(n2nc(C(F)F)cc2-c2nc(C3(c4ccc(Cl)cc4Cl)CC3)no2)C1. The van der Waals surface area contributed by atoms with Crippen LogP contribution in [0.2, 0.25) is 10.0 Å². The lowest BCUT2D eigenvalue weighted by Gasteiger charge is -2.33. The van der Waals surface area contributed by atoms with Crippen LogP contribution in [0.4, 0.5) is 8.78 Å². The zero-order valence-corrected chi connectivity index (χ0v) is 17.4. The molecule has 7 nitrogen and oxygen atoms in total. The number of hydrogen-bond acceptors (Lipinski definition) is 5. The van der Waals surface area contributed by atoms with Crippen molar-refractivity contribution >= 4 is 29.2 Å². The summed E-state index contributed by atoms with van der Waals surface area (Å²) >= 11 is 12.4. The van der Waals surface area contributed by atoms with Crippen LogP contribution in [0, 0.1) is 5.92 Å². The molecule has 0 unspecified atom stereocenters. The Kier molecular flexibility index (Phi) is 4.78. The highest BCUT2D eigenvalue weighted by Crippen LogP contribution is 2.54. The smallest absolute Gasteiger partial charge is 0.306 e. The topological polar surface area (TPSA) is 94.0 Å². The average Bonchev–Trinajstić information content (AvgIpc) is 3.10. The number of aromatic nitrogens is 4. The molecule has 31 heavy (non-hydrogen) atoms. The van der Waals surface area contributed by atoms with Crippen molar-refractivity contribution in [3.05, 3.63) is 51.4 Å². The van der Waals surface area contributed by atoms with Crippen molar-refractivity contribution in [1.29, 1.82) is 0 Å². The number of aliphatic carboxylic acids is 1. The maximum absolute atomic E-state index is 13.3. The van der Waals surface area contributed by atoms with Gasteiger partial charge >= 0.3 is 5.97 Å². The van der Waals surface area contributed by atoms with Crippen molar-refractivity contribution < 1.29 is 23.2 Å². The Morgan fingerprint density at radius 3 is 2.61 bits per heavy atom. The summed E-state index contributed by atoms with van der Waals surface area (Å²) < 4.78 is 33.4. The maximum Gasteiger partial charge on any atom is 0.306 e. The standard InChI is InChI=1S/C20H16Cl2F2N4O3/c21-10-1-2-12(13(22)7-10)20(3-4-20)19-25-17(31-27-19)15-8-14(16(23)24)26-28(15)11-5-9(6-11)18(29)30/h1-2,7-9,11,16H,3-6H2,(H,29,30). The second-order valence-electron chi connectivity index (χ2n) is 7.99. The van der Waals surface area contributed by atoms with E-state index in [1.165, 1.54) is 10.7 Å². The number of benzene rings is 1. The van der Waals surface area contributed by atoms with Gasteiger partial charge in [-0.2, -0.15) is 10.1 Å². The first-order valence-electron chi connectivity index (χ1n) is 9.69. The van der Waals surface area contributed by atoms with E-state index in [9.17, 15) is 13.6 Å². The van der Waals surface area contributed by atoms with Crippen molar-refractivity contribution in [2.24, 2.45) is 5.92 Å². The van der Waals surface area contributed by atoms with Gasteiger partial charge in [0.15, 0.2) is 5.82 Å². The third kappa shape index (κ3) is 3.40. The number of nitrogens with zero attached hydrogens (tertiary/aromatic N) is 4. The van der Waals surface area contributed by atoms with Gasteiger partial charge in [-0.05, 0) is 49.4 Å². The second kappa shape index (κ2) is 7.27. The first kappa shape index (κ1) is 20.4. The number of hydrogen-bond donors (Lipinski definition) is 1. The molecule has 0 amide bonds. The van der Waals surface area contributed by atoms with E-state index in [-0.39, 0.29) is 17.6 Å². The van der Waals surface area contributed by atoms with Gasteiger partial charge in [-0.1, -0.05) is 34.4 Å². The van der Waals surface area contributed by atoms with E-state index < -0.39 is 29.4 Å². The molecular formula is C20H16Cl2F2N4O3. The second-order valence-corrected chi connectivity index (χ2v) is 8.83. The predicted molar refractivity (Wildman–Crippen MR) is 106 cm³/mol. The fraction of sp³-hybridized carbons (Fsp3) is 0.400. The zero-order chi connectivity index (χ0) is 21.9. The highest BCUT2D eigenvalue weighted by molar-refractivity contribution is 6.35.